The van der Waals surface area contributed by atoms with Crippen LogP contribution in [0, 0.1) is 6.42 Å². The fourth-order valence-corrected chi connectivity index (χ4v) is 0.489. The second-order valence-electron chi connectivity index (χ2n) is 2.31. The molecule has 0 aliphatic rings. The number of hydrogen-bond acceptors (Lipinski definition) is 0. The van der Waals surface area contributed by atoms with Gasteiger partial charge in [-0.1, -0.05) is 0 Å². The van der Waals surface area contributed by atoms with Gasteiger partial charge in [-0.15, -0.1) is 0 Å². The van der Waals surface area contributed by atoms with Crippen molar-refractivity contribution in [2.24, 2.45) is 0 Å². The van der Waals surface area contributed by atoms with Crippen LogP contribution >= 0.6 is 0 Å². The fraction of sp³-hybridized carbons (Fsp3) is 0.833. The van der Waals surface area contributed by atoms with E-state index in [9.17, 15) is 22.0 Å². The molecule has 0 rings (SSSR count). The average Bonchev–Trinajstić information content (AvgIpc) is 1.55. The monoisotopic (exact) mass is 175 g/mol. The molecule has 0 spiro atoms. The van der Waals surface area contributed by atoms with Gasteiger partial charge in [0.15, 0.2) is 0 Å². The zero-order valence-electron chi connectivity index (χ0n) is 5.88. The summed E-state index contributed by atoms with van der Waals surface area (Å²) in [6.07, 6.45) is -5.80. The minimum Gasteiger partial charge on any atom is -0.207 e. The van der Waals surface area contributed by atoms with Crippen LogP contribution in [0.1, 0.15) is 19.8 Å². The molecule has 0 N–H and O–H groups in total. The molecule has 0 bridgehead atoms. The summed E-state index contributed by atoms with van der Waals surface area (Å²) in [5, 5.41) is 0. The van der Waals surface area contributed by atoms with Gasteiger partial charge >= 0.3 is 6.18 Å². The predicted octanol–water partition coefficient (Wildman–Crippen LogP) is 3.19. The molecule has 0 atom stereocenters. The van der Waals surface area contributed by atoms with E-state index in [0.717, 1.165) is 0 Å². The average molecular weight is 175 g/mol. The zero-order valence-corrected chi connectivity index (χ0v) is 5.88. The summed E-state index contributed by atoms with van der Waals surface area (Å²) in [4.78, 5) is 0. The van der Waals surface area contributed by atoms with Crippen LogP contribution in [0.15, 0.2) is 0 Å². The Kier molecular flexibility index (Phi) is 3.26. The summed E-state index contributed by atoms with van der Waals surface area (Å²) < 4.78 is 57.8. The van der Waals surface area contributed by atoms with E-state index in [0.29, 0.717) is 13.3 Å². The number of alkyl halides is 5. The summed E-state index contributed by atoms with van der Waals surface area (Å²) in [5.41, 5.74) is 0. The SMILES string of the molecule is CC(F)(F)[CH]CCC(F)(F)F. The molecule has 67 valence electrons. The van der Waals surface area contributed by atoms with E-state index in [-0.39, 0.29) is 0 Å². The van der Waals surface area contributed by atoms with Gasteiger partial charge in [0.05, 0.1) is 0 Å². The highest BCUT2D eigenvalue weighted by atomic mass is 19.4. The Labute approximate surface area is 61.4 Å². The number of rotatable bonds is 3. The van der Waals surface area contributed by atoms with Crippen LogP contribution in [0.5, 0.6) is 0 Å². The lowest BCUT2D eigenvalue weighted by Crippen LogP contribution is -2.13. The van der Waals surface area contributed by atoms with Gasteiger partial charge in [-0.3, -0.25) is 0 Å². The minimum absolute atomic E-state index is 0.362. The maximum absolute atomic E-state index is 11.9. The summed E-state index contributed by atoms with van der Waals surface area (Å²) in [6, 6.07) is 0. The maximum Gasteiger partial charge on any atom is 0.389 e. The highest BCUT2D eigenvalue weighted by Crippen LogP contribution is 2.26. The lowest BCUT2D eigenvalue weighted by atomic mass is 10.1. The summed E-state index contributed by atoms with van der Waals surface area (Å²) in [5.74, 6) is -3.11. The fourth-order valence-electron chi connectivity index (χ4n) is 0.489. The zero-order chi connectivity index (χ0) is 9.12. The Hall–Kier alpha value is -0.350. The standard InChI is InChI=1S/C6H8F5/c1-5(7,8)3-2-4-6(9,10)11/h3H,2,4H2,1H3. The third kappa shape index (κ3) is 9.65. The van der Waals surface area contributed by atoms with Gasteiger partial charge in [0.1, 0.15) is 0 Å². The molecule has 0 aromatic heterocycles. The smallest absolute Gasteiger partial charge is 0.207 e. The first kappa shape index (κ1) is 10.7. The van der Waals surface area contributed by atoms with Crippen LogP contribution in [0.4, 0.5) is 22.0 Å². The molecule has 0 saturated carbocycles. The minimum atomic E-state index is -4.35. The first-order valence-electron chi connectivity index (χ1n) is 3.00. The Balaban J connectivity index is 3.44. The highest BCUT2D eigenvalue weighted by molar-refractivity contribution is 4.79. The molecule has 0 aliphatic heterocycles. The molecule has 0 fully saturated rings. The lowest BCUT2D eigenvalue weighted by Gasteiger charge is -2.09. The highest BCUT2D eigenvalue weighted by Gasteiger charge is 2.29. The summed E-state index contributed by atoms with van der Waals surface area (Å²) in [7, 11) is 0. The van der Waals surface area contributed by atoms with Gasteiger partial charge in [0, 0.05) is 12.8 Å². The Morgan fingerprint density at radius 3 is 1.82 bits per heavy atom. The van der Waals surface area contributed by atoms with Crippen LogP contribution in [-0.2, 0) is 0 Å². The van der Waals surface area contributed by atoms with E-state index in [1.54, 1.807) is 0 Å². The van der Waals surface area contributed by atoms with Crippen molar-refractivity contribution in [3.05, 3.63) is 6.42 Å². The Bertz CT molecular complexity index is 95.1. The third-order valence-electron chi connectivity index (χ3n) is 0.931. The second kappa shape index (κ2) is 3.36. The lowest BCUT2D eigenvalue weighted by molar-refractivity contribution is -0.135. The predicted molar refractivity (Wildman–Crippen MR) is 30.2 cm³/mol. The molecule has 11 heavy (non-hydrogen) atoms. The summed E-state index contributed by atoms with van der Waals surface area (Å²) >= 11 is 0. The molecule has 0 saturated heterocycles. The molecular weight excluding hydrogens is 167 g/mol. The largest absolute Gasteiger partial charge is 0.389 e. The van der Waals surface area contributed by atoms with Crippen molar-refractivity contribution >= 4 is 0 Å². The van der Waals surface area contributed by atoms with E-state index >= 15 is 0 Å². The van der Waals surface area contributed by atoms with E-state index in [4.69, 9.17) is 0 Å². The topological polar surface area (TPSA) is 0 Å². The van der Waals surface area contributed by atoms with Gasteiger partial charge in [0.2, 0.25) is 5.92 Å². The molecular formula is C6H8F5. The summed E-state index contributed by atoms with van der Waals surface area (Å²) in [6.45, 7) is 0.559. The molecule has 0 nitrogen and oxygen atoms in total. The van der Waals surface area contributed by atoms with Crippen molar-refractivity contribution in [3.8, 4) is 0 Å². The van der Waals surface area contributed by atoms with Crippen LogP contribution in [0.2, 0.25) is 0 Å². The van der Waals surface area contributed by atoms with Crippen LogP contribution < -0.4 is 0 Å². The molecule has 0 unspecified atom stereocenters. The van der Waals surface area contributed by atoms with Crippen molar-refractivity contribution in [1.82, 2.24) is 0 Å². The van der Waals surface area contributed by atoms with E-state index in [1.807, 2.05) is 0 Å². The van der Waals surface area contributed by atoms with Gasteiger partial charge in [-0.2, -0.15) is 13.2 Å². The molecule has 0 aliphatic carbocycles. The van der Waals surface area contributed by atoms with E-state index in [2.05, 4.69) is 0 Å². The van der Waals surface area contributed by atoms with Crippen molar-refractivity contribution < 1.29 is 22.0 Å². The molecule has 5 heteroatoms. The van der Waals surface area contributed by atoms with Crippen molar-refractivity contribution in [1.29, 1.82) is 0 Å². The molecule has 1 radical (unpaired) electrons. The van der Waals surface area contributed by atoms with Gasteiger partial charge in [0.25, 0.3) is 0 Å². The molecule has 0 aromatic rings. The van der Waals surface area contributed by atoms with Crippen molar-refractivity contribution in [3.63, 3.8) is 0 Å². The Morgan fingerprint density at radius 1 is 1.09 bits per heavy atom. The first-order valence-corrected chi connectivity index (χ1v) is 3.00. The van der Waals surface area contributed by atoms with Gasteiger partial charge in [-0.05, 0) is 13.3 Å². The third-order valence-corrected chi connectivity index (χ3v) is 0.931. The van der Waals surface area contributed by atoms with E-state index < -0.39 is 24.9 Å². The number of halogens is 5. The molecule has 0 amide bonds. The van der Waals surface area contributed by atoms with Crippen LogP contribution in [-0.4, -0.2) is 12.1 Å². The van der Waals surface area contributed by atoms with Crippen LogP contribution in [0.3, 0.4) is 0 Å². The number of hydrogen-bond donors (Lipinski definition) is 0. The molecule has 0 heterocycles. The van der Waals surface area contributed by atoms with Crippen LogP contribution in [0.25, 0.3) is 0 Å². The Morgan fingerprint density at radius 2 is 1.55 bits per heavy atom. The van der Waals surface area contributed by atoms with Crippen molar-refractivity contribution in [2.45, 2.75) is 31.9 Å². The van der Waals surface area contributed by atoms with Gasteiger partial charge in [-0.25, -0.2) is 8.78 Å². The molecule has 0 aromatic carbocycles. The van der Waals surface area contributed by atoms with Gasteiger partial charge < -0.3 is 0 Å². The second-order valence-corrected chi connectivity index (χ2v) is 2.31. The van der Waals surface area contributed by atoms with Crippen molar-refractivity contribution in [2.75, 3.05) is 0 Å². The van der Waals surface area contributed by atoms with E-state index in [1.165, 1.54) is 0 Å². The normalized spacial score (nSPS) is 13.6. The quantitative estimate of drug-likeness (QED) is 0.578. The first-order chi connectivity index (χ1) is 4.71. The maximum atomic E-state index is 11.9.